The fourth-order valence-electron chi connectivity index (χ4n) is 2.51. The number of rotatable bonds is 3. The summed E-state index contributed by atoms with van der Waals surface area (Å²) in [6.45, 7) is 0. The molecule has 0 saturated carbocycles. The van der Waals surface area contributed by atoms with E-state index in [1.807, 2.05) is 0 Å². The minimum atomic E-state index is -0.413. The van der Waals surface area contributed by atoms with Gasteiger partial charge in [0.2, 0.25) is 0 Å². The van der Waals surface area contributed by atoms with E-state index in [9.17, 15) is 9.90 Å². The van der Waals surface area contributed by atoms with Crippen LogP contribution in [0, 0.1) is 0 Å². The smallest absolute Gasteiger partial charge is 0.260 e. The van der Waals surface area contributed by atoms with Gasteiger partial charge in [-0.2, -0.15) is 0 Å². The zero-order valence-corrected chi connectivity index (χ0v) is 13.3. The largest absolute Gasteiger partial charge is 0.506 e. The van der Waals surface area contributed by atoms with Gasteiger partial charge in [-0.25, -0.2) is 0 Å². The maximum atomic E-state index is 12.4. The van der Waals surface area contributed by atoms with Crippen molar-refractivity contribution in [2.75, 3.05) is 14.2 Å². The topological polar surface area (TPSA) is 71.5 Å². The average molecular weight is 332 g/mol. The number of aromatic amines is 1. The second-order valence-corrected chi connectivity index (χ2v) is 5.37. The number of hydrogen-bond acceptors (Lipinski definition) is 4. The Bertz CT molecular complexity index is 949. The van der Waals surface area contributed by atoms with Crippen LogP contribution in [0.15, 0.2) is 41.2 Å². The van der Waals surface area contributed by atoms with Gasteiger partial charge in [-0.15, -0.1) is 0 Å². The van der Waals surface area contributed by atoms with E-state index in [-0.39, 0.29) is 11.3 Å². The second kappa shape index (κ2) is 5.85. The Labute approximate surface area is 137 Å². The van der Waals surface area contributed by atoms with E-state index in [2.05, 4.69) is 4.98 Å². The molecule has 3 rings (SSSR count). The van der Waals surface area contributed by atoms with Crippen LogP contribution in [0.2, 0.25) is 5.02 Å². The SMILES string of the molecule is COc1ccc(-c2c(O)c3ccc(Cl)cc3[nH]c2=O)cc1OC. The summed E-state index contributed by atoms with van der Waals surface area (Å²) in [7, 11) is 3.04. The molecule has 0 aliphatic rings. The summed E-state index contributed by atoms with van der Waals surface area (Å²) in [5, 5.41) is 11.5. The van der Waals surface area contributed by atoms with Crippen molar-refractivity contribution in [1.29, 1.82) is 0 Å². The lowest BCUT2D eigenvalue weighted by Crippen LogP contribution is -2.09. The van der Waals surface area contributed by atoms with Gasteiger partial charge in [0.1, 0.15) is 5.75 Å². The molecule has 0 atom stereocenters. The van der Waals surface area contributed by atoms with E-state index < -0.39 is 5.56 Å². The summed E-state index contributed by atoms with van der Waals surface area (Å²) in [6.07, 6.45) is 0. The molecular weight excluding hydrogens is 318 g/mol. The van der Waals surface area contributed by atoms with Crippen molar-refractivity contribution < 1.29 is 14.6 Å². The van der Waals surface area contributed by atoms with Crippen molar-refractivity contribution in [2.45, 2.75) is 0 Å². The van der Waals surface area contributed by atoms with Gasteiger partial charge in [0.05, 0.1) is 25.3 Å². The standard InChI is InChI=1S/C17H14ClNO4/c1-22-13-6-3-9(7-14(13)23-2)15-16(20)11-5-4-10(18)8-12(11)19-17(15)21/h3-8H,1-2H3,(H2,19,20,21). The fourth-order valence-corrected chi connectivity index (χ4v) is 2.69. The molecule has 0 amide bonds. The van der Waals surface area contributed by atoms with Gasteiger partial charge in [-0.1, -0.05) is 17.7 Å². The van der Waals surface area contributed by atoms with Crippen LogP contribution >= 0.6 is 11.6 Å². The van der Waals surface area contributed by atoms with Gasteiger partial charge >= 0.3 is 0 Å². The van der Waals surface area contributed by atoms with Gasteiger partial charge in [-0.05, 0) is 35.9 Å². The molecule has 0 bridgehead atoms. The molecule has 0 aliphatic heterocycles. The van der Waals surface area contributed by atoms with E-state index in [4.69, 9.17) is 21.1 Å². The molecule has 0 unspecified atom stereocenters. The van der Waals surface area contributed by atoms with Crippen LogP contribution in [0.1, 0.15) is 0 Å². The lowest BCUT2D eigenvalue weighted by atomic mass is 10.0. The number of halogens is 1. The summed E-state index contributed by atoms with van der Waals surface area (Å²) in [5.41, 5.74) is 0.757. The number of aromatic hydroxyl groups is 1. The molecule has 0 saturated heterocycles. The molecule has 2 aromatic carbocycles. The summed E-state index contributed by atoms with van der Waals surface area (Å²) < 4.78 is 10.4. The van der Waals surface area contributed by atoms with Crippen molar-refractivity contribution >= 4 is 22.5 Å². The van der Waals surface area contributed by atoms with Crippen molar-refractivity contribution in [3.8, 4) is 28.4 Å². The number of methoxy groups -OCH3 is 2. The number of aromatic nitrogens is 1. The molecule has 118 valence electrons. The molecule has 2 N–H and O–H groups in total. The highest BCUT2D eigenvalue weighted by Crippen LogP contribution is 2.37. The Kier molecular flexibility index (Phi) is 3.88. The highest BCUT2D eigenvalue weighted by molar-refractivity contribution is 6.31. The highest BCUT2D eigenvalue weighted by Gasteiger charge is 2.16. The lowest BCUT2D eigenvalue weighted by molar-refractivity contribution is 0.355. The van der Waals surface area contributed by atoms with Crippen LogP contribution in [-0.2, 0) is 0 Å². The van der Waals surface area contributed by atoms with Crippen LogP contribution in [0.5, 0.6) is 17.2 Å². The minimum Gasteiger partial charge on any atom is -0.506 e. The summed E-state index contributed by atoms with van der Waals surface area (Å²) in [6, 6.07) is 9.92. The molecule has 6 heteroatoms. The Morgan fingerprint density at radius 3 is 2.48 bits per heavy atom. The zero-order valence-electron chi connectivity index (χ0n) is 12.5. The van der Waals surface area contributed by atoms with E-state index >= 15 is 0 Å². The van der Waals surface area contributed by atoms with E-state index in [1.165, 1.54) is 14.2 Å². The molecule has 0 fully saturated rings. The van der Waals surface area contributed by atoms with Crippen molar-refractivity contribution in [2.24, 2.45) is 0 Å². The molecule has 1 heterocycles. The summed E-state index contributed by atoms with van der Waals surface area (Å²) in [4.78, 5) is 15.1. The normalized spacial score (nSPS) is 10.7. The van der Waals surface area contributed by atoms with E-state index in [0.717, 1.165) is 0 Å². The van der Waals surface area contributed by atoms with Crippen molar-refractivity contribution in [3.63, 3.8) is 0 Å². The third kappa shape index (κ3) is 2.59. The van der Waals surface area contributed by atoms with Crippen molar-refractivity contribution in [1.82, 2.24) is 4.98 Å². The highest BCUT2D eigenvalue weighted by atomic mass is 35.5. The molecule has 23 heavy (non-hydrogen) atoms. The molecule has 3 aromatic rings. The first-order valence-electron chi connectivity index (χ1n) is 6.82. The van der Waals surface area contributed by atoms with E-state index in [1.54, 1.807) is 36.4 Å². The third-order valence-corrected chi connectivity index (χ3v) is 3.86. The molecule has 1 aromatic heterocycles. The second-order valence-electron chi connectivity index (χ2n) is 4.94. The number of hydrogen-bond donors (Lipinski definition) is 2. The first-order valence-corrected chi connectivity index (χ1v) is 7.20. The van der Waals surface area contributed by atoms with E-state index in [0.29, 0.717) is 33.0 Å². The van der Waals surface area contributed by atoms with Crippen LogP contribution in [-0.4, -0.2) is 24.3 Å². The maximum absolute atomic E-state index is 12.4. The maximum Gasteiger partial charge on any atom is 0.260 e. The number of H-pyrrole nitrogens is 1. The molecule has 0 radical (unpaired) electrons. The monoisotopic (exact) mass is 331 g/mol. The predicted octanol–water partition coefficient (Wildman–Crippen LogP) is 3.57. The Morgan fingerprint density at radius 1 is 1.04 bits per heavy atom. The molecular formula is C17H14ClNO4. The zero-order chi connectivity index (χ0) is 16.6. The van der Waals surface area contributed by atoms with Crippen LogP contribution in [0.4, 0.5) is 0 Å². The van der Waals surface area contributed by atoms with Gasteiger partial charge in [0, 0.05) is 10.4 Å². The molecule has 5 nitrogen and oxygen atoms in total. The molecule has 0 spiro atoms. The Morgan fingerprint density at radius 2 is 1.78 bits per heavy atom. The van der Waals surface area contributed by atoms with Crippen LogP contribution in [0.3, 0.4) is 0 Å². The number of nitrogens with one attached hydrogen (secondary N) is 1. The number of pyridine rings is 1. The average Bonchev–Trinajstić information content (AvgIpc) is 2.54. The number of benzene rings is 2. The van der Waals surface area contributed by atoms with Crippen molar-refractivity contribution in [3.05, 3.63) is 51.8 Å². The first-order chi connectivity index (χ1) is 11.0. The quantitative estimate of drug-likeness (QED) is 0.769. The molecule has 0 aliphatic carbocycles. The minimum absolute atomic E-state index is 0.104. The summed E-state index contributed by atoms with van der Waals surface area (Å²) >= 11 is 5.92. The Hall–Kier alpha value is -2.66. The Balaban J connectivity index is 2.28. The predicted molar refractivity (Wildman–Crippen MR) is 89.8 cm³/mol. The summed E-state index contributed by atoms with van der Waals surface area (Å²) in [5.74, 6) is 0.910. The van der Waals surface area contributed by atoms with Crippen LogP contribution < -0.4 is 15.0 Å². The number of fused-ring (bicyclic) bond motifs is 1. The first kappa shape index (κ1) is 15.2. The fraction of sp³-hybridized carbons (Fsp3) is 0.118. The van der Waals surface area contributed by atoms with Gasteiger partial charge in [0.25, 0.3) is 5.56 Å². The van der Waals surface area contributed by atoms with Crippen LogP contribution in [0.25, 0.3) is 22.0 Å². The van der Waals surface area contributed by atoms with Gasteiger partial charge < -0.3 is 19.6 Å². The van der Waals surface area contributed by atoms with Gasteiger partial charge in [-0.3, -0.25) is 4.79 Å². The van der Waals surface area contributed by atoms with Gasteiger partial charge in [0.15, 0.2) is 11.5 Å². The third-order valence-electron chi connectivity index (χ3n) is 3.62. The lowest BCUT2D eigenvalue weighted by Gasteiger charge is -2.11. The number of ether oxygens (including phenoxy) is 2.